The Labute approximate surface area is 114 Å². The average molecular weight is 276 g/mol. The second-order valence-electron chi connectivity index (χ2n) is 4.09. The van der Waals surface area contributed by atoms with E-state index in [-0.39, 0.29) is 29.9 Å². The van der Waals surface area contributed by atoms with Crippen LogP contribution in [0.15, 0.2) is 24.3 Å². The van der Waals surface area contributed by atoms with Crippen LogP contribution in [0.25, 0.3) is 0 Å². The predicted octanol–water partition coefficient (Wildman–Crippen LogP) is 0.267. The van der Waals surface area contributed by atoms with Gasteiger partial charge in [-0.15, -0.1) is 0 Å². The third kappa shape index (κ3) is 2.51. The Balaban J connectivity index is 2.02. The zero-order chi connectivity index (χ0) is 14.7. The molecule has 2 rings (SSSR count). The number of nitrogens with one attached hydrogen (secondary N) is 1. The molecule has 20 heavy (non-hydrogen) atoms. The van der Waals surface area contributed by atoms with Crippen LogP contribution in [0.3, 0.4) is 0 Å². The Kier molecular flexibility index (Phi) is 3.79. The first-order valence-electron chi connectivity index (χ1n) is 5.93. The van der Waals surface area contributed by atoms with E-state index in [2.05, 4.69) is 5.32 Å². The van der Waals surface area contributed by atoms with E-state index in [1.807, 2.05) is 0 Å². The summed E-state index contributed by atoms with van der Waals surface area (Å²) in [5.41, 5.74) is 0.383. The summed E-state index contributed by atoms with van der Waals surface area (Å²) in [6.07, 6.45) is -0.286. The molecule has 0 atom stereocenters. The fraction of sp³-hybridized carbons (Fsp3) is 0.231. The highest BCUT2D eigenvalue weighted by atomic mass is 16.7. The standard InChI is InChI=1S/C13H12N2O5/c1-14-10(16)6-7-11(17)20-15-12(18)8-4-2-3-5-9(8)13(15)19/h2-5H,6-7H2,1H3,(H,14,16). The summed E-state index contributed by atoms with van der Waals surface area (Å²) in [6, 6.07) is 6.18. The molecule has 0 spiro atoms. The summed E-state index contributed by atoms with van der Waals surface area (Å²) in [4.78, 5) is 51.0. The quantitative estimate of drug-likeness (QED) is 0.797. The summed E-state index contributed by atoms with van der Waals surface area (Å²) in [6.45, 7) is 0. The Hall–Kier alpha value is -2.70. The fourth-order valence-electron chi connectivity index (χ4n) is 1.74. The van der Waals surface area contributed by atoms with E-state index in [9.17, 15) is 19.2 Å². The Morgan fingerprint density at radius 3 is 2.15 bits per heavy atom. The maximum atomic E-state index is 11.9. The number of hydrogen-bond donors (Lipinski definition) is 1. The summed E-state index contributed by atoms with van der Waals surface area (Å²) in [5, 5.41) is 2.78. The number of amides is 3. The first-order chi connectivity index (χ1) is 9.54. The minimum Gasteiger partial charge on any atom is -0.359 e. The Morgan fingerprint density at radius 1 is 1.10 bits per heavy atom. The third-order valence-corrected chi connectivity index (χ3v) is 2.78. The van der Waals surface area contributed by atoms with E-state index in [1.165, 1.54) is 19.2 Å². The molecule has 1 aliphatic heterocycles. The number of carbonyl (C=O) groups excluding carboxylic acids is 4. The van der Waals surface area contributed by atoms with Crippen LogP contribution in [0.2, 0.25) is 0 Å². The van der Waals surface area contributed by atoms with Gasteiger partial charge in [-0.25, -0.2) is 4.79 Å². The number of rotatable bonds is 4. The zero-order valence-corrected chi connectivity index (χ0v) is 10.7. The lowest BCUT2D eigenvalue weighted by Crippen LogP contribution is -2.33. The van der Waals surface area contributed by atoms with E-state index < -0.39 is 17.8 Å². The zero-order valence-electron chi connectivity index (χ0n) is 10.7. The van der Waals surface area contributed by atoms with Gasteiger partial charge < -0.3 is 10.2 Å². The van der Waals surface area contributed by atoms with Crippen LogP contribution in [0.4, 0.5) is 0 Å². The SMILES string of the molecule is CNC(=O)CCC(=O)ON1C(=O)c2ccccc2C1=O. The minimum absolute atomic E-state index is 0.0709. The van der Waals surface area contributed by atoms with Gasteiger partial charge in [-0.2, -0.15) is 0 Å². The first-order valence-corrected chi connectivity index (χ1v) is 5.93. The minimum atomic E-state index is -0.817. The average Bonchev–Trinajstić information content (AvgIpc) is 2.70. The second kappa shape index (κ2) is 5.52. The van der Waals surface area contributed by atoms with Crippen LogP contribution >= 0.6 is 0 Å². The van der Waals surface area contributed by atoms with Gasteiger partial charge in [0.15, 0.2) is 0 Å². The van der Waals surface area contributed by atoms with Crippen molar-refractivity contribution in [1.82, 2.24) is 10.4 Å². The van der Waals surface area contributed by atoms with Crippen molar-refractivity contribution in [3.05, 3.63) is 35.4 Å². The topological polar surface area (TPSA) is 92.8 Å². The number of benzene rings is 1. The molecule has 104 valence electrons. The van der Waals surface area contributed by atoms with Crippen molar-refractivity contribution in [2.75, 3.05) is 7.05 Å². The molecule has 0 radical (unpaired) electrons. The van der Waals surface area contributed by atoms with Crippen LogP contribution in [0.1, 0.15) is 33.6 Å². The van der Waals surface area contributed by atoms with Crippen LogP contribution in [0, 0.1) is 0 Å². The summed E-state index contributed by atoms with van der Waals surface area (Å²) in [7, 11) is 1.44. The number of carbonyl (C=O) groups is 4. The number of hydroxylamine groups is 2. The largest absolute Gasteiger partial charge is 0.359 e. The van der Waals surface area contributed by atoms with Crippen molar-refractivity contribution in [2.24, 2.45) is 0 Å². The monoisotopic (exact) mass is 276 g/mol. The lowest BCUT2D eigenvalue weighted by molar-refractivity contribution is -0.169. The molecular weight excluding hydrogens is 264 g/mol. The van der Waals surface area contributed by atoms with Gasteiger partial charge in [0.2, 0.25) is 5.91 Å². The van der Waals surface area contributed by atoms with Gasteiger partial charge in [-0.05, 0) is 12.1 Å². The molecule has 0 aromatic heterocycles. The van der Waals surface area contributed by atoms with Gasteiger partial charge in [0.25, 0.3) is 11.8 Å². The van der Waals surface area contributed by atoms with Crippen molar-refractivity contribution in [2.45, 2.75) is 12.8 Å². The summed E-state index contributed by atoms with van der Waals surface area (Å²) in [5.74, 6) is -2.51. The van der Waals surface area contributed by atoms with Gasteiger partial charge in [-0.1, -0.05) is 17.2 Å². The molecule has 1 heterocycles. The summed E-state index contributed by atoms with van der Waals surface area (Å²) >= 11 is 0. The van der Waals surface area contributed by atoms with Crippen molar-refractivity contribution in [3.8, 4) is 0 Å². The van der Waals surface area contributed by atoms with E-state index in [0.29, 0.717) is 5.06 Å². The van der Waals surface area contributed by atoms with E-state index >= 15 is 0 Å². The van der Waals surface area contributed by atoms with Crippen LogP contribution in [-0.4, -0.2) is 35.8 Å². The van der Waals surface area contributed by atoms with E-state index in [4.69, 9.17) is 4.84 Å². The molecule has 0 fully saturated rings. The molecule has 0 saturated heterocycles. The second-order valence-corrected chi connectivity index (χ2v) is 4.09. The molecule has 0 bridgehead atoms. The van der Waals surface area contributed by atoms with Crippen molar-refractivity contribution >= 4 is 23.7 Å². The van der Waals surface area contributed by atoms with Gasteiger partial charge in [-0.3, -0.25) is 14.4 Å². The molecule has 7 heteroatoms. The third-order valence-electron chi connectivity index (χ3n) is 2.78. The van der Waals surface area contributed by atoms with Crippen LogP contribution < -0.4 is 5.32 Å². The van der Waals surface area contributed by atoms with Gasteiger partial charge in [0.05, 0.1) is 17.5 Å². The molecule has 0 aliphatic carbocycles. The van der Waals surface area contributed by atoms with Crippen LogP contribution in [0.5, 0.6) is 0 Å². The first kappa shape index (κ1) is 13.7. The maximum absolute atomic E-state index is 11.9. The van der Waals surface area contributed by atoms with Gasteiger partial charge >= 0.3 is 5.97 Å². The van der Waals surface area contributed by atoms with E-state index in [1.54, 1.807) is 12.1 Å². The van der Waals surface area contributed by atoms with Gasteiger partial charge in [0.1, 0.15) is 0 Å². The van der Waals surface area contributed by atoms with Crippen LogP contribution in [-0.2, 0) is 14.4 Å². The number of imide groups is 1. The number of nitrogens with zero attached hydrogens (tertiary/aromatic N) is 1. The molecule has 1 aromatic rings. The normalized spacial score (nSPS) is 13.2. The molecule has 0 unspecified atom stereocenters. The lowest BCUT2D eigenvalue weighted by atomic mass is 10.1. The highest BCUT2D eigenvalue weighted by Crippen LogP contribution is 2.22. The van der Waals surface area contributed by atoms with Crippen molar-refractivity contribution in [3.63, 3.8) is 0 Å². The molecule has 1 aromatic carbocycles. The highest BCUT2D eigenvalue weighted by molar-refractivity contribution is 6.20. The lowest BCUT2D eigenvalue weighted by Gasteiger charge is -2.12. The molecule has 0 saturated carbocycles. The van der Waals surface area contributed by atoms with Gasteiger partial charge in [0, 0.05) is 13.5 Å². The Bertz CT molecular complexity index is 561. The van der Waals surface area contributed by atoms with Crippen molar-refractivity contribution < 1.29 is 24.0 Å². The highest BCUT2D eigenvalue weighted by Gasteiger charge is 2.38. The fourth-order valence-corrected chi connectivity index (χ4v) is 1.74. The molecular formula is C13H12N2O5. The van der Waals surface area contributed by atoms with Crippen molar-refractivity contribution in [1.29, 1.82) is 0 Å². The Morgan fingerprint density at radius 2 is 1.65 bits per heavy atom. The molecule has 3 amide bonds. The molecule has 1 aliphatic rings. The predicted molar refractivity (Wildman–Crippen MR) is 66.3 cm³/mol. The summed E-state index contributed by atoms with van der Waals surface area (Å²) < 4.78 is 0. The molecule has 1 N–H and O–H groups in total. The maximum Gasteiger partial charge on any atom is 0.333 e. The molecule has 7 nitrogen and oxygen atoms in total. The number of fused-ring (bicyclic) bond motifs is 1. The van der Waals surface area contributed by atoms with E-state index in [0.717, 1.165) is 0 Å². The number of hydrogen-bond acceptors (Lipinski definition) is 5. The smallest absolute Gasteiger partial charge is 0.333 e.